The summed E-state index contributed by atoms with van der Waals surface area (Å²) in [6.07, 6.45) is 80.7. The fourth-order valence-corrected chi connectivity index (χ4v) is 8.36. The van der Waals surface area contributed by atoms with Crippen molar-refractivity contribution in [2.24, 2.45) is 0 Å². The maximum absolute atomic E-state index is 12.8. The van der Waals surface area contributed by atoms with Crippen LogP contribution in [0, 0.1) is 0 Å². The second kappa shape index (κ2) is 55.9. The number of rotatable bonds is 53. The number of carbonyl (C=O) groups is 2. The van der Waals surface area contributed by atoms with Crippen LogP contribution in [0.1, 0.15) is 219 Å². The molecule has 2 unspecified atom stereocenters. The van der Waals surface area contributed by atoms with Gasteiger partial charge in [-0.15, -0.1) is 0 Å². The molecule has 0 fully saturated rings. The maximum Gasteiger partial charge on any atom is 0.306 e. The number of likely N-dealkylation sites (N-methyl/N-ethyl adjacent to an activating group) is 1. The van der Waals surface area contributed by atoms with E-state index in [1.807, 2.05) is 21.1 Å². The summed E-state index contributed by atoms with van der Waals surface area (Å²) in [5.74, 6) is -0.858. The van der Waals surface area contributed by atoms with E-state index in [0.29, 0.717) is 23.9 Å². The molecule has 0 rings (SSSR count). The Morgan fingerprint density at radius 2 is 0.711 bits per heavy atom. The molecule has 76 heavy (non-hydrogen) atoms. The first-order chi connectivity index (χ1) is 37.0. The molecule has 0 heterocycles. The van der Waals surface area contributed by atoms with E-state index in [9.17, 15) is 19.0 Å². The Hall–Kier alpha value is -3.85. The molecule has 0 saturated carbocycles. The number of quaternary nitrogens is 1. The predicted octanol–water partition coefficient (Wildman–Crippen LogP) is 18.3. The minimum absolute atomic E-state index is 0.0402. The fourth-order valence-electron chi connectivity index (χ4n) is 7.63. The Morgan fingerprint density at radius 3 is 1.05 bits per heavy atom. The van der Waals surface area contributed by atoms with Gasteiger partial charge in [0.2, 0.25) is 0 Å². The smallest absolute Gasteiger partial charge is 0.306 e. The van der Waals surface area contributed by atoms with Crippen LogP contribution in [0.3, 0.4) is 0 Å². The molecule has 0 saturated heterocycles. The molecule has 432 valence electrons. The summed E-state index contributed by atoms with van der Waals surface area (Å²) in [6, 6.07) is 0. The molecule has 0 aliphatic heterocycles. The van der Waals surface area contributed by atoms with Crippen molar-refractivity contribution in [2.45, 2.75) is 225 Å². The van der Waals surface area contributed by atoms with Crippen LogP contribution in [0.4, 0.5) is 0 Å². The number of ether oxygens (including phenoxy) is 2. The van der Waals surface area contributed by atoms with Crippen LogP contribution in [-0.2, 0) is 32.7 Å². The number of esters is 2. The number of nitrogens with zero attached hydrogens (tertiary/aromatic N) is 1. The first-order valence-electron chi connectivity index (χ1n) is 29.9. The molecule has 0 aromatic carbocycles. The van der Waals surface area contributed by atoms with Crippen molar-refractivity contribution in [3.05, 3.63) is 134 Å². The van der Waals surface area contributed by atoms with E-state index in [1.165, 1.54) is 57.8 Å². The lowest BCUT2D eigenvalue weighted by Crippen LogP contribution is -2.37. The van der Waals surface area contributed by atoms with E-state index in [4.69, 9.17) is 18.5 Å². The van der Waals surface area contributed by atoms with Gasteiger partial charge in [-0.2, -0.15) is 0 Å². The molecule has 0 spiro atoms. The van der Waals surface area contributed by atoms with Crippen molar-refractivity contribution in [1.82, 2.24) is 0 Å². The highest BCUT2D eigenvalue weighted by atomic mass is 31.2. The molecule has 0 aromatic heterocycles. The van der Waals surface area contributed by atoms with E-state index < -0.39 is 32.5 Å². The van der Waals surface area contributed by atoms with Gasteiger partial charge >= 0.3 is 11.9 Å². The molecule has 0 amide bonds. The van der Waals surface area contributed by atoms with E-state index >= 15 is 0 Å². The van der Waals surface area contributed by atoms with Gasteiger partial charge in [0.15, 0.2) is 6.10 Å². The van der Waals surface area contributed by atoms with Crippen LogP contribution in [0.25, 0.3) is 0 Å². The van der Waals surface area contributed by atoms with Gasteiger partial charge in [0.25, 0.3) is 7.82 Å². The Balaban J connectivity index is 4.16. The van der Waals surface area contributed by atoms with E-state index in [0.717, 1.165) is 122 Å². The highest BCUT2D eigenvalue weighted by Crippen LogP contribution is 2.38. The average Bonchev–Trinajstić information content (AvgIpc) is 3.38. The molecule has 0 radical (unpaired) electrons. The Morgan fingerprint density at radius 1 is 0.408 bits per heavy atom. The van der Waals surface area contributed by atoms with Crippen molar-refractivity contribution in [3.8, 4) is 0 Å². The SMILES string of the molecule is CC/C=C\C/C=C\C/C=C\C/C=C\C/C=C\C/C=C\C/C=C\C/C=C\CCCCCCCCCCCCC(=O)OC(COC(=O)CCCCCCCCC/C=C\C/C=C\C/C=C\CC)COP(=O)([O-])OCC[N+](C)(C)C. The van der Waals surface area contributed by atoms with Crippen LogP contribution in [0.2, 0.25) is 0 Å². The van der Waals surface area contributed by atoms with Gasteiger partial charge < -0.3 is 27.9 Å². The van der Waals surface area contributed by atoms with Crippen LogP contribution in [0.5, 0.6) is 0 Å². The molecular weight excluding hydrogens is 966 g/mol. The Kier molecular flexibility index (Phi) is 53.1. The summed E-state index contributed by atoms with van der Waals surface area (Å²) in [7, 11) is 1.14. The lowest BCUT2D eigenvalue weighted by Gasteiger charge is -2.28. The number of allylic oxidation sites excluding steroid dienone is 22. The molecule has 0 N–H and O–H groups in total. The number of phosphoric ester groups is 1. The number of unbranched alkanes of at least 4 members (excludes halogenated alkanes) is 17. The van der Waals surface area contributed by atoms with Gasteiger partial charge in [0, 0.05) is 12.8 Å². The fraction of sp³-hybridized carbons (Fsp3) is 0.636. The zero-order valence-corrected chi connectivity index (χ0v) is 49.8. The van der Waals surface area contributed by atoms with Gasteiger partial charge in [-0.1, -0.05) is 231 Å². The number of carbonyl (C=O) groups excluding carboxylic acids is 2. The third-order valence-corrected chi connectivity index (χ3v) is 13.1. The normalized spacial score (nSPS) is 14.2. The van der Waals surface area contributed by atoms with Gasteiger partial charge in [-0.3, -0.25) is 14.2 Å². The third kappa shape index (κ3) is 59.4. The first kappa shape index (κ1) is 72.2. The minimum Gasteiger partial charge on any atom is -0.756 e. The monoisotopic (exact) mass is 1080 g/mol. The number of phosphoric acid groups is 1. The molecule has 10 heteroatoms. The Bertz CT molecular complexity index is 1740. The molecule has 0 bridgehead atoms. The highest BCUT2D eigenvalue weighted by Gasteiger charge is 2.21. The molecule has 0 aliphatic carbocycles. The molecule has 2 atom stereocenters. The molecule has 9 nitrogen and oxygen atoms in total. The van der Waals surface area contributed by atoms with Gasteiger partial charge in [-0.25, -0.2) is 0 Å². The van der Waals surface area contributed by atoms with Crippen LogP contribution >= 0.6 is 7.82 Å². The van der Waals surface area contributed by atoms with Crippen molar-refractivity contribution >= 4 is 19.8 Å². The van der Waals surface area contributed by atoms with E-state index in [-0.39, 0.29) is 26.1 Å². The zero-order chi connectivity index (χ0) is 55.6. The summed E-state index contributed by atoms with van der Waals surface area (Å²) in [4.78, 5) is 37.9. The van der Waals surface area contributed by atoms with E-state index in [2.05, 4.69) is 148 Å². The average molecular weight is 1080 g/mol. The Labute approximate surface area is 466 Å². The topological polar surface area (TPSA) is 111 Å². The summed E-state index contributed by atoms with van der Waals surface area (Å²) in [5.41, 5.74) is 0. The lowest BCUT2D eigenvalue weighted by molar-refractivity contribution is -0.870. The summed E-state index contributed by atoms with van der Waals surface area (Å²) in [6.45, 7) is 3.98. The largest absolute Gasteiger partial charge is 0.756 e. The standard InChI is InChI=1S/C66H110NO8P/c1-6-8-10-12-14-16-18-20-22-24-25-26-27-28-29-30-31-32-33-34-35-36-37-38-39-40-41-43-45-47-49-51-53-55-57-59-66(69)75-64(63-74-76(70,71)73-61-60-67(3,4)5)62-72-65(68)58-56-54-52-50-48-46-44-42-23-21-19-17-15-13-11-9-7-2/h8-11,14-17,20-23,25-26,28-29,31-32,34-35,37-38,64H,6-7,12-13,18-19,24,27,30,33,36,39-63H2,1-5H3/b10-8-,11-9-,16-14-,17-15-,22-20-,23-21-,26-25-,29-28-,32-31-,35-34-,38-37-. The van der Waals surface area contributed by atoms with Crippen molar-refractivity contribution < 1.29 is 42.1 Å². The minimum atomic E-state index is -4.65. The quantitative estimate of drug-likeness (QED) is 0.0195. The second-order valence-corrected chi connectivity index (χ2v) is 22.0. The summed E-state index contributed by atoms with van der Waals surface area (Å²) >= 11 is 0. The maximum atomic E-state index is 12.8. The molecular formula is C66H110NO8P. The second-order valence-electron chi connectivity index (χ2n) is 20.6. The van der Waals surface area contributed by atoms with Crippen LogP contribution in [-0.4, -0.2) is 70.0 Å². The number of hydrogen-bond donors (Lipinski definition) is 0. The zero-order valence-electron chi connectivity index (χ0n) is 48.9. The lowest BCUT2D eigenvalue weighted by atomic mass is 10.0. The van der Waals surface area contributed by atoms with Crippen molar-refractivity contribution in [1.29, 1.82) is 0 Å². The van der Waals surface area contributed by atoms with Crippen LogP contribution < -0.4 is 4.89 Å². The van der Waals surface area contributed by atoms with Crippen molar-refractivity contribution in [3.63, 3.8) is 0 Å². The summed E-state index contributed by atoms with van der Waals surface area (Å²) < 4.78 is 34.1. The number of hydrogen-bond acceptors (Lipinski definition) is 8. The third-order valence-electron chi connectivity index (χ3n) is 12.2. The van der Waals surface area contributed by atoms with Gasteiger partial charge in [0.1, 0.15) is 19.8 Å². The van der Waals surface area contributed by atoms with Crippen LogP contribution in [0.15, 0.2) is 134 Å². The molecule has 0 aromatic rings. The summed E-state index contributed by atoms with van der Waals surface area (Å²) in [5, 5.41) is 0. The van der Waals surface area contributed by atoms with Crippen molar-refractivity contribution in [2.75, 3.05) is 47.5 Å². The predicted molar refractivity (Wildman–Crippen MR) is 323 cm³/mol. The highest BCUT2D eigenvalue weighted by molar-refractivity contribution is 7.45. The van der Waals surface area contributed by atoms with Gasteiger partial charge in [0.05, 0.1) is 27.7 Å². The van der Waals surface area contributed by atoms with Gasteiger partial charge in [-0.05, 0) is 109 Å². The first-order valence-corrected chi connectivity index (χ1v) is 31.4. The molecule has 0 aliphatic rings. The van der Waals surface area contributed by atoms with E-state index in [1.54, 1.807) is 0 Å².